The Morgan fingerprint density at radius 2 is 1.13 bits per heavy atom. The Bertz CT molecular complexity index is 2770. The van der Waals surface area contributed by atoms with E-state index in [9.17, 15) is 0 Å². The fourth-order valence-electron chi connectivity index (χ4n) is 8.85. The van der Waals surface area contributed by atoms with Gasteiger partial charge in [0.15, 0.2) is 0 Å². The molecule has 2 heterocycles. The van der Waals surface area contributed by atoms with Crippen LogP contribution in [0, 0.1) is 0 Å². The fourth-order valence-corrected chi connectivity index (χ4v) is 8.85. The molecule has 0 aromatic heterocycles. The summed E-state index contributed by atoms with van der Waals surface area (Å²) in [5.74, 6) is 1.74. The lowest BCUT2D eigenvalue weighted by Gasteiger charge is -2.39. The van der Waals surface area contributed by atoms with Gasteiger partial charge in [0, 0.05) is 16.8 Å². The van der Waals surface area contributed by atoms with E-state index in [-0.39, 0.29) is 6.17 Å². The van der Waals surface area contributed by atoms with Crippen molar-refractivity contribution in [2.24, 2.45) is 4.99 Å². The standard InChI is InChI=1S/C49H32N2O/c1-2-13-32(14-3-1)44-30-45(34-24-26-37-33(28-34)23-22-31-12-4-5-15-36(31)37)51-48(50-44)35-25-27-43-47(29-35)52-46-21-11-10-20-42(46)49(43)40-18-8-6-16-38(40)39-17-7-9-19-41(39)49/h1-30,48,51H. The van der Waals surface area contributed by atoms with E-state index in [1.807, 2.05) is 0 Å². The van der Waals surface area contributed by atoms with Crippen LogP contribution in [-0.2, 0) is 5.41 Å². The third kappa shape index (κ3) is 4.17. The number of nitrogens with one attached hydrogen (secondary N) is 1. The minimum atomic E-state index is -0.491. The van der Waals surface area contributed by atoms with Gasteiger partial charge < -0.3 is 10.1 Å². The monoisotopic (exact) mass is 664 g/mol. The number of hydrogen-bond donors (Lipinski definition) is 1. The highest BCUT2D eigenvalue weighted by Crippen LogP contribution is 2.62. The van der Waals surface area contributed by atoms with E-state index in [0.717, 1.165) is 45.2 Å². The molecule has 3 nitrogen and oxygen atoms in total. The van der Waals surface area contributed by atoms with Crippen LogP contribution in [0.5, 0.6) is 11.5 Å². The van der Waals surface area contributed by atoms with Gasteiger partial charge in [0.25, 0.3) is 0 Å². The molecule has 0 fully saturated rings. The van der Waals surface area contributed by atoms with E-state index in [1.165, 1.54) is 49.4 Å². The number of benzene rings is 8. The highest BCUT2D eigenvalue weighted by molar-refractivity contribution is 6.14. The number of allylic oxidation sites excluding steroid dienone is 1. The molecular weight excluding hydrogens is 633 g/mol. The first-order valence-electron chi connectivity index (χ1n) is 17.9. The Hall–Kier alpha value is -6.71. The topological polar surface area (TPSA) is 33.6 Å². The summed E-state index contributed by atoms with van der Waals surface area (Å²) < 4.78 is 6.84. The van der Waals surface area contributed by atoms with Gasteiger partial charge in [0.2, 0.25) is 0 Å². The Kier molecular flexibility index (Phi) is 6.23. The second-order valence-electron chi connectivity index (χ2n) is 13.9. The van der Waals surface area contributed by atoms with Gasteiger partial charge in [0.1, 0.15) is 17.7 Å². The van der Waals surface area contributed by atoms with Crippen molar-refractivity contribution < 1.29 is 4.74 Å². The minimum Gasteiger partial charge on any atom is -0.457 e. The van der Waals surface area contributed by atoms with E-state index >= 15 is 0 Å². The number of aliphatic imine (C=N–C) groups is 1. The molecule has 244 valence electrons. The molecular formula is C49H32N2O. The number of hydrogen-bond acceptors (Lipinski definition) is 3. The van der Waals surface area contributed by atoms with E-state index in [4.69, 9.17) is 9.73 Å². The van der Waals surface area contributed by atoms with Crippen LogP contribution in [0.2, 0.25) is 0 Å². The van der Waals surface area contributed by atoms with Gasteiger partial charge >= 0.3 is 0 Å². The highest BCUT2D eigenvalue weighted by atomic mass is 16.5. The zero-order valence-corrected chi connectivity index (χ0v) is 28.3. The predicted molar refractivity (Wildman–Crippen MR) is 212 cm³/mol. The largest absolute Gasteiger partial charge is 0.457 e. The van der Waals surface area contributed by atoms with Crippen LogP contribution < -0.4 is 10.1 Å². The zero-order chi connectivity index (χ0) is 34.2. The first-order valence-corrected chi connectivity index (χ1v) is 17.9. The minimum absolute atomic E-state index is 0.326. The van der Waals surface area contributed by atoms with Crippen molar-refractivity contribution in [3.05, 3.63) is 221 Å². The summed E-state index contributed by atoms with van der Waals surface area (Å²) >= 11 is 0. The molecule has 0 saturated heterocycles. The third-order valence-corrected chi connectivity index (χ3v) is 11.2. The molecule has 0 saturated carbocycles. The van der Waals surface area contributed by atoms with Crippen molar-refractivity contribution in [3.8, 4) is 22.6 Å². The number of para-hydroxylation sites is 1. The molecule has 1 atom stereocenters. The fraction of sp³-hybridized carbons (Fsp3) is 0.0408. The summed E-state index contributed by atoms with van der Waals surface area (Å²) in [6.45, 7) is 0. The second-order valence-corrected chi connectivity index (χ2v) is 13.9. The van der Waals surface area contributed by atoms with Gasteiger partial charge in [-0.05, 0) is 84.8 Å². The normalized spacial score (nSPS) is 16.2. The molecule has 8 aromatic rings. The summed E-state index contributed by atoms with van der Waals surface area (Å²) in [7, 11) is 0. The molecule has 0 bridgehead atoms. The Labute approximate surface area is 302 Å². The Morgan fingerprint density at radius 3 is 1.96 bits per heavy atom. The van der Waals surface area contributed by atoms with Crippen molar-refractivity contribution >= 4 is 33.0 Å². The maximum atomic E-state index is 6.84. The lowest BCUT2D eigenvalue weighted by atomic mass is 9.66. The number of ether oxygens (including phenoxy) is 1. The molecule has 1 unspecified atom stereocenters. The van der Waals surface area contributed by atoms with Gasteiger partial charge in [-0.2, -0.15) is 0 Å². The molecule has 52 heavy (non-hydrogen) atoms. The summed E-state index contributed by atoms with van der Waals surface area (Å²) in [6, 6.07) is 63.2. The molecule has 3 heteroatoms. The van der Waals surface area contributed by atoms with Gasteiger partial charge in [-0.15, -0.1) is 0 Å². The predicted octanol–water partition coefficient (Wildman–Crippen LogP) is 11.6. The highest BCUT2D eigenvalue weighted by Gasteiger charge is 2.51. The maximum absolute atomic E-state index is 6.84. The Balaban J connectivity index is 1.06. The van der Waals surface area contributed by atoms with Crippen LogP contribution in [0.4, 0.5) is 0 Å². The third-order valence-electron chi connectivity index (χ3n) is 11.2. The smallest absolute Gasteiger partial charge is 0.145 e. The molecule has 2 aliphatic heterocycles. The van der Waals surface area contributed by atoms with Crippen LogP contribution in [0.3, 0.4) is 0 Å². The number of rotatable bonds is 3. The quantitative estimate of drug-likeness (QED) is 0.191. The zero-order valence-electron chi connectivity index (χ0n) is 28.3. The summed E-state index contributed by atoms with van der Waals surface area (Å²) in [4.78, 5) is 5.33. The van der Waals surface area contributed by atoms with Crippen molar-refractivity contribution in [3.63, 3.8) is 0 Å². The SMILES string of the molecule is C1=C(c2ccc3c(ccc4ccccc43)c2)NC(c2ccc3c(c2)Oc2ccccc2C32c3ccccc3-c3ccccc32)N=C1c1ccccc1. The average Bonchev–Trinajstić information content (AvgIpc) is 3.51. The van der Waals surface area contributed by atoms with Crippen LogP contribution in [0.15, 0.2) is 187 Å². The van der Waals surface area contributed by atoms with Crippen molar-refractivity contribution in [1.82, 2.24) is 5.32 Å². The molecule has 0 amide bonds. The molecule has 3 aliphatic rings. The molecule has 1 aliphatic carbocycles. The molecule has 8 aromatic carbocycles. The molecule has 11 rings (SSSR count). The van der Waals surface area contributed by atoms with Crippen LogP contribution in [0.25, 0.3) is 38.4 Å². The second kappa shape index (κ2) is 11.1. The number of nitrogens with zero attached hydrogens (tertiary/aromatic N) is 1. The van der Waals surface area contributed by atoms with Crippen LogP contribution in [-0.4, -0.2) is 5.71 Å². The van der Waals surface area contributed by atoms with E-state index in [1.54, 1.807) is 0 Å². The first-order chi connectivity index (χ1) is 25.8. The molecule has 0 radical (unpaired) electrons. The lowest BCUT2D eigenvalue weighted by Crippen LogP contribution is -2.32. The summed E-state index contributed by atoms with van der Waals surface area (Å²) in [6.07, 6.45) is 1.85. The van der Waals surface area contributed by atoms with Gasteiger partial charge in [-0.3, -0.25) is 4.99 Å². The summed E-state index contributed by atoms with van der Waals surface area (Å²) in [5.41, 5.74) is 12.2. The van der Waals surface area contributed by atoms with Gasteiger partial charge in [0.05, 0.1) is 11.1 Å². The van der Waals surface area contributed by atoms with Gasteiger partial charge in [-0.1, -0.05) is 158 Å². The van der Waals surface area contributed by atoms with E-state index in [0.29, 0.717) is 0 Å². The number of fused-ring (bicyclic) bond motifs is 12. The summed E-state index contributed by atoms with van der Waals surface area (Å²) in [5, 5.41) is 8.80. The Morgan fingerprint density at radius 1 is 0.481 bits per heavy atom. The molecule has 1 spiro atoms. The van der Waals surface area contributed by atoms with Crippen LogP contribution in [0.1, 0.15) is 45.1 Å². The van der Waals surface area contributed by atoms with Gasteiger partial charge in [-0.25, -0.2) is 0 Å². The van der Waals surface area contributed by atoms with E-state index in [2.05, 4.69) is 187 Å². The maximum Gasteiger partial charge on any atom is 0.145 e. The van der Waals surface area contributed by atoms with Crippen molar-refractivity contribution in [2.45, 2.75) is 11.6 Å². The average molecular weight is 665 g/mol. The lowest BCUT2D eigenvalue weighted by molar-refractivity contribution is 0.434. The first kappa shape index (κ1) is 29.1. The van der Waals surface area contributed by atoms with Crippen molar-refractivity contribution in [1.29, 1.82) is 0 Å². The van der Waals surface area contributed by atoms with Crippen LogP contribution >= 0.6 is 0 Å². The van der Waals surface area contributed by atoms with E-state index < -0.39 is 5.41 Å². The molecule has 1 N–H and O–H groups in total. The van der Waals surface area contributed by atoms with Crippen molar-refractivity contribution in [2.75, 3.05) is 0 Å².